The molecular weight excluding hydrogens is 222 g/mol. The summed E-state index contributed by atoms with van der Waals surface area (Å²) in [6.45, 7) is 10.6. The van der Waals surface area contributed by atoms with Gasteiger partial charge in [-0.2, -0.15) is 0 Å². The minimum atomic E-state index is -1.05. The molecular formula is C12H21NO4. The number of nitrogens with zero attached hydrogens (tertiary/aromatic N) is 1. The van der Waals surface area contributed by atoms with E-state index in [1.165, 1.54) is 17.9 Å². The maximum atomic E-state index is 11.8. The number of rotatable bonds is 6. The van der Waals surface area contributed by atoms with Gasteiger partial charge in [-0.1, -0.05) is 26.5 Å². The molecule has 1 amide bonds. The first-order valence-electron chi connectivity index (χ1n) is 5.61. The Morgan fingerprint density at radius 2 is 1.88 bits per heavy atom. The summed E-state index contributed by atoms with van der Waals surface area (Å²) in [7, 11) is 0. The summed E-state index contributed by atoms with van der Waals surface area (Å²) < 4.78 is 4.90. The van der Waals surface area contributed by atoms with E-state index in [-0.39, 0.29) is 18.6 Å². The Hall–Kier alpha value is -1.52. The smallest absolute Gasteiger partial charge is 0.411 e. The normalized spacial score (nSPS) is 13.9. The van der Waals surface area contributed by atoms with Crippen LogP contribution in [0, 0.1) is 5.92 Å². The summed E-state index contributed by atoms with van der Waals surface area (Å²) >= 11 is 0. The maximum absolute atomic E-state index is 11.8. The first-order chi connectivity index (χ1) is 7.82. The van der Waals surface area contributed by atoms with Gasteiger partial charge in [0.05, 0.1) is 0 Å². The lowest BCUT2D eigenvalue weighted by atomic mass is 10.0. The summed E-state index contributed by atoms with van der Waals surface area (Å²) in [4.78, 5) is 24.0. The van der Waals surface area contributed by atoms with Crippen molar-refractivity contribution in [3.8, 4) is 0 Å². The van der Waals surface area contributed by atoms with E-state index in [1.54, 1.807) is 6.92 Å². The molecule has 0 bridgehead atoms. The highest BCUT2D eigenvalue weighted by Crippen LogP contribution is 2.15. The molecule has 0 fully saturated rings. The number of carboxylic acids is 1. The van der Waals surface area contributed by atoms with Gasteiger partial charge in [-0.15, -0.1) is 0 Å². The molecule has 0 radical (unpaired) electrons. The van der Waals surface area contributed by atoms with Crippen molar-refractivity contribution in [1.82, 2.24) is 4.90 Å². The second-order valence-corrected chi connectivity index (χ2v) is 4.27. The summed E-state index contributed by atoms with van der Waals surface area (Å²) in [5, 5.41) is 8.99. The van der Waals surface area contributed by atoms with Gasteiger partial charge in [0, 0.05) is 6.04 Å². The fraction of sp³-hybridized carbons (Fsp3) is 0.667. The molecule has 0 aromatic heterocycles. The Bertz CT molecular complexity index is 288. The van der Waals surface area contributed by atoms with Crippen LogP contribution in [0.3, 0.4) is 0 Å². The zero-order chi connectivity index (χ0) is 13.6. The van der Waals surface area contributed by atoms with E-state index >= 15 is 0 Å². The van der Waals surface area contributed by atoms with Crippen LogP contribution < -0.4 is 0 Å². The molecule has 2 atom stereocenters. The van der Waals surface area contributed by atoms with E-state index in [1.807, 2.05) is 13.8 Å². The van der Waals surface area contributed by atoms with Gasteiger partial charge in [0.25, 0.3) is 0 Å². The Balaban J connectivity index is 4.89. The van der Waals surface area contributed by atoms with Gasteiger partial charge in [0.2, 0.25) is 0 Å². The number of aliphatic carboxylic acids is 1. The third-order valence-electron chi connectivity index (χ3n) is 2.71. The molecule has 2 unspecified atom stereocenters. The second kappa shape index (κ2) is 6.93. The zero-order valence-corrected chi connectivity index (χ0v) is 10.8. The monoisotopic (exact) mass is 243 g/mol. The maximum Gasteiger partial charge on any atom is 0.411 e. The number of carbonyl (C=O) groups excluding carboxylic acids is 1. The van der Waals surface area contributed by atoms with E-state index in [9.17, 15) is 9.59 Å². The molecule has 0 aliphatic rings. The fourth-order valence-corrected chi connectivity index (χ4v) is 1.32. The Labute approximate surface area is 102 Å². The first-order valence-corrected chi connectivity index (χ1v) is 5.61. The number of hydrogen-bond acceptors (Lipinski definition) is 3. The van der Waals surface area contributed by atoms with E-state index < -0.39 is 18.1 Å². The van der Waals surface area contributed by atoms with Crippen LogP contribution in [0.4, 0.5) is 4.79 Å². The number of amides is 1. The minimum Gasteiger partial charge on any atom is -0.480 e. The molecule has 0 saturated carbocycles. The van der Waals surface area contributed by atoms with E-state index in [4.69, 9.17) is 9.84 Å². The van der Waals surface area contributed by atoms with E-state index in [0.717, 1.165) is 0 Å². The number of hydrogen-bond donors (Lipinski definition) is 1. The number of carboxylic acid groups (broad SMARTS) is 1. The van der Waals surface area contributed by atoms with Crippen LogP contribution in [0.25, 0.3) is 0 Å². The predicted molar refractivity (Wildman–Crippen MR) is 64.8 cm³/mol. The predicted octanol–water partition coefficient (Wildman–Crippen LogP) is 2.13. The molecule has 17 heavy (non-hydrogen) atoms. The Kier molecular flexibility index (Phi) is 6.31. The third kappa shape index (κ3) is 4.46. The van der Waals surface area contributed by atoms with Crippen LogP contribution in [0.1, 0.15) is 27.7 Å². The third-order valence-corrected chi connectivity index (χ3v) is 2.71. The molecule has 0 saturated heterocycles. The van der Waals surface area contributed by atoms with Gasteiger partial charge in [-0.05, 0) is 19.8 Å². The molecule has 0 aromatic rings. The largest absolute Gasteiger partial charge is 0.480 e. The van der Waals surface area contributed by atoms with Crippen LogP contribution in [0.15, 0.2) is 12.7 Å². The SMILES string of the molecule is C=CCOC(=O)N(C(C)C(=O)O)C(C)C(C)C. The average Bonchev–Trinajstić information content (AvgIpc) is 2.25. The van der Waals surface area contributed by atoms with Crippen molar-refractivity contribution in [3.05, 3.63) is 12.7 Å². The topological polar surface area (TPSA) is 66.8 Å². The molecule has 0 aliphatic carbocycles. The average molecular weight is 243 g/mol. The molecule has 0 aliphatic heterocycles. The van der Waals surface area contributed by atoms with Crippen LogP contribution in [-0.2, 0) is 9.53 Å². The summed E-state index contributed by atoms with van der Waals surface area (Å²) in [6.07, 6.45) is 0.822. The highest BCUT2D eigenvalue weighted by molar-refractivity contribution is 5.79. The Morgan fingerprint density at radius 3 is 2.24 bits per heavy atom. The van der Waals surface area contributed by atoms with Gasteiger partial charge >= 0.3 is 12.1 Å². The summed E-state index contributed by atoms with van der Waals surface area (Å²) in [5.41, 5.74) is 0. The van der Waals surface area contributed by atoms with Crippen molar-refractivity contribution >= 4 is 12.1 Å². The van der Waals surface area contributed by atoms with Crippen molar-refractivity contribution in [2.24, 2.45) is 5.92 Å². The molecule has 98 valence electrons. The first kappa shape index (κ1) is 15.5. The molecule has 5 nitrogen and oxygen atoms in total. The molecule has 5 heteroatoms. The molecule has 1 N–H and O–H groups in total. The van der Waals surface area contributed by atoms with Gasteiger partial charge in [0.15, 0.2) is 0 Å². The molecule has 0 rings (SSSR count). The minimum absolute atomic E-state index is 0.0759. The van der Waals surface area contributed by atoms with E-state index in [0.29, 0.717) is 0 Å². The van der Waals surface area contributed by atoms with Crippen molar-refractivity contribution < 1.29 is 19.4 Å². The molecule has 0 heterocycles. The van der Waals surface area contributed by atoms with Crippen LogP contribution in [-0.4, -0.2) is 40.8 Å². The fourth-order valence-electron chi connectivity index (χ4n) is 1.32. The number of ether oxygens (including phenoxy) is 1. The van der Waals surface area contributed by atoms with Crippen molar-refractivity contribution in [2.75, 3.05) is 6.61 Å². The number of carbonyl (C=O) groups is 2. The second-order valence-electron chi connectivity index (χ2n) is 4.27. The lowest BCUT2D eigenvalue weighted by molar-refractivity contribution is -0.143. The zero-order valence-electron chi connectivity index (χ0n) is 10.8. The van der Waals surface area contributed by atoms with Gasteiger partial charge in [-0.3, -0.25) is 4.90 Å². The summed E-state index contributed by atoms with van der Waals surface area (Å²) in [5.74, 6) is -0.902. The quantitative estimate of drug-likeness (QED) is 0.726. The lowest BCUT2D eigenvalue weighted by Gasteiger charge is -2.33. The van der Waals surface area contributed by atoms with Crippen molar-refractivity contribution in [3.63, 3.8) is 0 Å². The van der Waals surface area contributed by atoms with Crippen LogP contribution >= 0.6 is 0 Å². The van der Waals surface area contributed by atoms with Crippen LogP contribution in [0.5, 0.6) is 0 Å². The lowest BCUT2D eigenvalue weighted by Crippen LogP contribution is -2.50. The molecule has 0 spiro atoms. The van der Waals surface area contributed by atoms with Crippen molar-refractivity contribution in [1.29, 1.82) is 0 Å². The van der Waals surface area contributed by atoms with Crippen molar-refractivity contribution in [2.45, 2.75) is 39.8 Å². The van der Waals surface area contributed by atoms with Gasteiger partial charge in [-0.25, -0.2) is 9.59 Å². The molecule has 0 aromatic carbocycles. The van der Waals surface area contributed by atoms with Crippen LogP contribution in [0.2, 0.25) is 0 Å². The highest BCUT2D eigenvalue weighted by atomic mass is 16.6. The highest BCUT2D eigenvalue weighted by Gasteiger charge is 2.32. The summed E-state index contributed by atoms with van der Waals surface area (Å²) in [6, 6.07) is -1.12. The van der Waals surface area contributed by atoms with Gasteiger partial charge in [0.1, 0.15) is 12.6 Å². The standard InChI is InChI=1S/C12H21NO4/c1-6-7-17-12(16)13(9(4)8(2)3)10(5)11(14)15/h6,8-10H,1,7H2,2-5H3,(H,14,15). The Morgan fingerprint density at radius 1 is 1.35 bits per heavy atom. The van der Waals surface area contributed by atoms with Gasteiger partial charge < -0.3 is 9.84 Å². The van der Waals surface area contributed by atoms with E-state index in [2.05, 4.69) is 6.58 Å².